The van der Waals surface area contributed by atoms with E-state index in [1.165, 1.54) is 21.1 Å². The molecule has 0 saturated carbocycles. The van der Waals surface area contributed by atoms with Crippen LogP contribution in [0.4, 0.5) is 4.79 Å². The van der Waals surface area contributed by atoms with E-state index in [4.69, 9.17) is 14.2 Å². The van der Waals surface area contributed by atoms with Crippen LogP contribution in [0.5, 0.6) is 0 Å². The summed E-state index contributed by atoms with van der Waals surface area (Å²) in [5.74, 6) is -1.89. The number of hydrogen-bond acceptors (Lipinski definition) is 7. The van der Waals surface area contributed by atoms with Crippen LogP contribution in [0.3, 0.4) is 0 Å². The van der Waals surface area contributed by atoms with Crippen LogP contribution < -0.4 is 5.32 Å². The molecule has 25 heavy (non-hydrogen) atoms. The maximum Gasteiger partial charge on any atom is 0.413 e. The fraction of sp³-hybridized carbons (Fsp3) is 0.750. The number of rotatable bonds is 3. The zero-order valence-electron chi connectivity index (χ0n) is 15.7. The highest BCUT2D eigenvalue weighted by Gasteiger charge is 2.60. The Morgan fingerprint density at radius 1 is 1.20 bits per heavy atom. The van der Waals surface area contributed by atoms with Gasteiger partial charge in [0.05, 0.1) is 7.11 Å². The molecule has 9 nitrogen and oxygen atoms in total. The summed E-state index contributed by atoms with van der Waals surface area (Å²) in [4.78, 5) is 49.8. The molecule has 1 N–H and O–H groups in total. The molecule has 0 bridgehead atoms. The predicted molar refractivity (Wildman–Crippen MR) is 86.2 cm³/mol. The lowest BCUT2D eigenvalue weighted by Gasteiger charge is -2.34. The molecule has 0 aliphatic carbocycles. The number of amides is 2. The summed E-state index contributed by atoms with van der Waals surface area (Å²) in [6.07, 6.45) is -2.25. The lowest BCUT2D eigenvalue weighted by Crippen LogP contribution is -2.53. The van der Waals surface area contributed by atoms with E-state index in [0.29, 0.717) is 0 Å². The Hall–Kier alpha value is -2.32. The molecule has 142 valence electrons. The van der Waals surface area contributed by atoms with E-state index in [1.54, 1.807) is 20.8 Å². The summed E-state index contributed by atoms with van der Waals surface area (Å²) in [5, 5.41) is 2.47. The molecule has 0 aromatic rings. The van der Waals surface area contributed by atoms with Gasteiger partial charge < -0.3 is 19.5 Å². The summed E-state index contributed by atoms with van der Waals surface area (Å²) in [5.41, 5.74) is -2.18. The minimum atomic E-state index is -1.34. The van der Waals surface area contributed by atoms with Crippen LogP contribution in [-0.2, 0) is 28.6 Å². The molecule has 3 atom stereocenters. The van der Waals surface area contributed by atoms with Crippen LogP contribution in [0.1, 0.15) is 41.0 Å². The normalized spacial score (nSPS) is 26.0. The molecular weight excluding hydrogens is 332 g/mol. The predicted octanol–water partition coefficient (Wildman–Crippen LogP) is 0.810. The minimum absolute atomic E-state index is 0.0729. The standard InChI is InChI=1S/C16H26N2O7/c1-9(19)24-13-16(5,12(21)17-6)8-10(11(20)23-7)18(13)14(22)25-15(2,3)4/h10,13H,8H2,1-7H3,(H,17,21)/t10-,13?,16-/m0/s1. The molecule has 1 saturated heterocycles. The van der Waals surface area contributed by atoms with Crippen LogP contribution in [0.15, 0.2) is 0 Å². The van der Waals surface area contributed by atoms with E-state index >= 15 is 0 Å². The number of ether oxygens (including phenoxy) is 3. The SMILES string of the molecule is CNC(=O)[C@]1(C)C[C@@H](C(=O)OC)N(C(=O)OC(C)(C)C)C1OC(C)=O. The lowest BCUT2D eigenvalue weighted by molar-refractivity contribution is -0.168. The van der Waals surface area contributed by atoms with Crippen molar-refractivity contribution in [2.24, 2.45) is 5.41 Å². The van der Waals surface area contributed by atoms with Crippen molar-refractivity contribution in [1.29, 1.82) is 0 Å². The van der Waals surface area contributed by atoms with Crippen molar-refractivity contribution in [2.45, 2.75) is 58.9 Å². The van der Waals surface area contributed by atoms with Gasteiger partial charge in [-0.1, -0.05) is 0 Å². The first kappa shape index (κ1) is 20.7. The van der Waals surface area contributed by atoms with Crippen molar-refractivity contribution in [1.82, 2.24) is 10.2 Å². The highest BCUT2D eigenvalue weighted by atomic mass is 16.6. The van der Waals surface area contributed by atoms with Crippen LogP contribution in [0.2, 0.25) is 0 Å². The quantitative estimate of drug-likeness (QED) is 0.587. The highest BCUT2D eigenvalue weighted by molar-refractivity contribution is 5.89. The molecule has 0 spiro atoms. The Kier molecular flexibility index (Phi) is 6.04. The number of likely N-dealkylation sites (tertiary alicyclic amines) is 1. The Labute approximate surface area is 147 Å². The molecule has 1 aliphatic rings. The van der Waals surface area contributed by atoms with E-state index in [0.717, 1.165) is 11.8 Å². The average Bonchev–Trinajstić information content (AvgIpc) is 2.77. The second kappa shape index (κ2) is 7.28. The van der Waals surface area contributed by atoms with Gasteiger partial charge in [-0.15, -0.1) is 0 Å². The van der Waals surface area contributed by atoms with Crippen molar-refractivity contribution < 1.29 is 33.4 Å². The molecule has 1 unspecified atom stereocenters. The van der Waals surface area contributed by atoms with Gasteiger partial charge in [0.1, 0.15) is 17.1 Å². The smallest absolute Gasteiger partial charge is 0.413 e. The summed E-state index contributed by atoms with van der Waals surface area (Å²) in [6.45, 7) is 7.65. The van der Waals surface area contributed by atoms with Gasteiger partial charge in [0.2, 0.25) is 5.91 Å². The lowest BCUT2D eigenvalue weighted by atomic mass is 9.85. The zero-order chi connectivity index (χ0) is 19.6. The summed E-state index contributed by atoms with van der Waals surface area (Å²) < 4.78 is 15.3. The number of methoxy groups -OCH3 is 1. The first-order valence-electron chi connectivity index (χ1n) is 7.86. The molecule has 9 heteroatoms. The van der Waals surface area contributed by atoms with Crippen molar-refractivity contribution in [2.75, 3.05) is 14.2 Å². The third kappa shape index (κ3) is 4.40. The van der Waals surface area contributed by atoms with Crippen LogP contribution in [-0.4, -0.2) is 60.9 Å². The molecule has 0 aromatic carbocycles. The van der Waals surface area contributed by atoms with Crippen LogP contribution in [0, 0.1) is 5.41 Å². The second-order valence-corrected chi connectivity index (χ2v) is 7.09. The minimum Gasteiger partial charge on any atom is -0.467 e. The van der Waals surface area contributed by atoms with Gasteiger partial charge in [-0.25, -0.2) is 9.59 Å². The molecule has 1 rings (SSSR count). The highest BCUT2D eigenvalue weighted by Crippen LogP contribution is 2.42. The van der Waals surface area contributed by atoms with Gasteiger partial charge in [-0.05, 0) is 34.1 Å². The van der Waals surface area contributed by atoms with E-state index < -0.39 is 47.2 Å². The van der Waals surface area contributed by atoms with Crippen molar-refractivity contribution in [3.63, 3.8) is 0 Å². The van der Waals surface area contributed by atoms with Crippen molar-refractivity contribution >= 4 is 23.9 Å². The van der Waals surface area contributed by atoms with Gasteiger partial charge in [0, 0.05) is 14.0 Å². The number of carbonyl (C=O) groups excluding carboxylic acids is 4. The summed E-state index contributed by atoms with van der Waals surface area (Å²) in [7, 11) is 2.59. The molecule has 1 fully saturated rings. The van der Waals surface area contributed by atoms with Crippen LogP contribution >= 0.6 is 0 Å². The zero-order valence-corrected chi connectivity index (χ0v) is 15.7. The molecule has 1 heterocycles. The Bertz CT molecular complexity index is 569. The number of hydrogen-bond donors (Lipinski definition) is 1. The largest absolute Gasteiger partial charge is 0.467 e. The fourth-order valence-corrected chi connectivity index (χ4v) is 2.78. The number of esters is 2. The monoisotopic (exact) mass is 358 g/mol. The molecule has 1 aliphatic heterocycles. The van der Waals surface area contributed by atoms with Crippen molar-refractivity contribution in [3.05, 3.63) is 0 Å². The molecule has 2 amide bonds. The Morgan fingerprint density at radius 2 is 1.76 bits per heavy atom. The fourth-order valence-electron chi connectivity index (χ4n) is 2.78. The van der Waals surface area contributed by atoms with E-state index in [2.05, 4.69) is 5.32 Å². The molecule has 0 aromatic heterocycles. The second-order valence-electron chi connectivity index (χ2n) is 7.09. The first-order chi connectivity index (χ1) is 11.4. The number of carbonyl (C=O) groups is 4. The van der Waals surface area contributed by atoms with E-state index in [-0.39, 0.29) is 6.42 Å². The first-order valence-corrected chi connectivity index (χ1v) is 7.86. The Morgan fingerprint density at radius 3 is 2.16 bits per heavy atom. The van der Waals surface area contributed by atoms with Gasteiger partial charge in [-0.2, -0.15) is 0 Å². The molecule has 0 radical (unpaired) electrons. The number of nitrogens with one attached hydrogen (secondary N) is 1. The maximum absolute atomic E-state index is 12.7. The van der Waals surface area contributed by atoms with E-state index in [1.807, 2.05) is 0 Å². The Balaban J connectivity index is 3.39. The number of nitrogens with zero attached hydrogens (tertiary/aromatic N) is 1. The third-order valence-electron chi connectivity index (χ3n) is 3.85. The third-order valence-corrected chi connectivity index (χ3v) is 3.85. The van der Waals surface area contributed by atoms with Gasteiger partial charge in [0.15, 0.2) is 6.23 Å². The van der Waals surface area contributed by atoms with Gasteiger partial charge in [0.25, 0.3) is 0 Å². The maximum atomic E-state index is 12.7. The molecular formula is C16H26N2O7. The van der Waals surface area contributed by atoms with Crippen LogP contribution in [0.25, 0.3) is 0 Å². The van der Waals surface area contributed by atoms with Crippen molar-refractivity contribution in [3.8, 4) is 0 Å². The summed E-state index contributed by atoms with van der Waals surface area (Å²) >= 11 is 0. The summed E-state index contributed by atoms with van der Waals surface area (Å²) in [6, 6.07) is -1.12. The van der Waals surface area contributed by atoms with Gasteiger partial charge in [-0.3, -0.25) is 14.5 Å². The topological polar surface area (TPSA) is 111 Å². The average molecular weight is 358 g/mol. The van der Waals surface area contributed by atoms with E-state index in [9.17, 15) is 19.2 Å². The van der Waals surface area contributed by atoms with Gasteiger partial charge >= 0.3 is 18.0 Å².